The lowest BCUT2D eigenvalue weighted by atomic mass is 10.2. The summed E-state index contributed by atoms with van der Waals surface area (Å²) < 4.78 is 10.4. The molecule has 0 aromatic carbocycles. The van der Waals surface area contributed by atoms with Crippen molar-refractivity contribution in [1.29, 1.82) is 0 Å². The van der Waals surface area contributed by atoms with Crippen molar-refractivity contribution in [3.63, 3.8) is 0 Å². The van der Waals surface area contributed by atoms with Crippen LogP contribution >= 0.6 is 0 Å². The Morgan fingerprint density at radius 3 is 3.29 bits per heavy atom. The van der Waals surface area contributed by atoms with Crippen LogP contribution in [0.2, 0.25) is 0 Å². The van der Waals surface area contributed by atoms with Crippen LogP contribution in [-0.2, 0) is 4.74 Å². The summed E-state index contributed by atoms with van der Waals surface area (Å²) >= 11 is 0. The van der Waals surface area contributed by atoms with Gasteiger partial charge in [-0.2, -0.15) is 4.98 Å². The normalized spacial score (nSPS) is 18.0. The largest absolute Gasteiger partial charge is 0.383 e. The zero-order valence-electron chi connectivity index (χ0n) is 12.0. The molecule has 1 atom stereocenters. The van der Waals surface area contributed by atoms with Gasteiger partial charge in [-0.1, -0.05) is 5.16 Å². The quantitative estimate of drug-likeness (QED) is 0.781. The highest BCUT2D eigenvalue weighted by Crippen LogP contribution is 2.27. The van der Waals surface area contributed by atoms with Crippen LogP contribution in [0.4, 0.5) is 5.82 Å². The average Bonchev–Trinajstić information content (AvgIpc) is 3.19. The Hall–Kier alpha value is -1.99. The van der Waals surface area contributed by atoms with Crippen LogP contribution < -0.4 is 10.6 Å². The van der Waals surface area contributed by atoms with Gasteiger partial charge in [0, 0.05) is 19.9 Å². The third kappa shape index (κ3) is 3.20. The summed E-state index contributed by atoms with van der Waals surface area (Å²) in [5, 5.41) is 10.7. The maximum Gasteiger partial charge on any atom is 0.244 e. The van der Waals surface area contributed by atoms with Gasteiger partial charge < -0.3 is 19.9 Å². The maximum atomic E-state index is 5.38. The molecule has 7 heteroatoms. The Morgan fingerprint density at radius 1 is 1.52 bits per heavy atom. The van der Waals surface area contributed by atoms with Crippen LogP contribution in [0.1, 0.15) is 24.8 Å². The van der Waals surface area contributed by atoms with Gasteiger partial charge in [-0.3, -0.25) is 0 Å². The number of methoxy groups -OCH3 is 1. The van der Waals surface area contributed by atoms with Crippen molar-refractivity contribution in [2.75, 3.05) is 32.1 Å². The molecule has 0 bridgehead atoms. The predicted octanol–water partition coefficient (Wildman–Crippen LogP) is 1.61. The first kappa shape index (κ1) is 14.0. The van der Waals surface area contributed by atoms with Crippen molar-refractivity contribution in [2.45, 2.75) is 18.9 Å². The lowest BCUT2D eigenvalue weighted by Crippen LogP contribution is -2.13. The number of nitrogens with one attached hydrogen (secondary N) is 2. The van der Waals surface area contributed by atoms with E-state index in [1.807, 2.05) is 12.1 Å². The summed E-state index contributed by atoms with van der Waals surface area (Å²) in [6.07, 6.45) is 3.91. The van der Waals surface area contributed by atoms with Crippen molar-refractivity contribution >= 4 is 5.82 Å². The van der Waals surface area contributed by atoms with Gasteiger partial charge >= 0.3 is 0 Å². The Bertz CT molecular complexity index is 580. The van der Waals surface area contributed by atoms with Crippen molar-refractivity contribution in [3.8, 4) is 11.4 Å². The van der Waals surface area contributed by atoms with Gasteiger partial charge in [0.1, 0.15) is 5.82 Å². The fraction of sp³-hybridized carbons (Fsp3) is 0.500. The van der Waals surface area contributed by atoms with Crippen LogP contribution in [-0.4, -0.2) is 41.9 Å². The lowest BCUT2D eigenvalue weighted by Gasteiger charge is -2.07. The molecule has 0 spiro atoms. The van der Waals surface area contributed by atoms with Crippen LogP contribution in [0, 0.1) is 0 Å². The first-order valence-electron chi connectivity index (χ1n) is 7.13. The second kappa shape index (κ2) is 6.64. The first-order chi connectivity index (χ1) is 10.4. The molecule has 1 aliphatic rings. The molecule has 2 aromatic heterocycles. The third-order valence-electron chi connectivity index (χ3n) is 3.45. The van der Waals surface area contributed by atoms with Crippen LogP contribution in [0.5, 0.6) is 0 Å². The van der Waals surface area contributed by atoms with Crippen molar-refractivity contribution in [3.05, 3.63) is 24.2 Å². The molecule has 1 aliphatic heterocycles. The fourth-order valence-electron chi connectivity index (χ4n) is 2.38. The van der Waals surface area contributed by atoms with Gasteiger partial charge in [0.2, 0.25) is 11.7 Å². The molecule has 0 saturated carbocycles. The molecule has 0 radical (unpaired) electrons. The lowest BCUT2D eigenvalue weighted by molar-refractivity contribution is 0.210. The molecule has 1 saturated heterocycles. The number of pyridine rings is 1. The molecule has 112 valence electrons. The summed E-state index contributed by atoms with van der Waals surface area (Å²) in [7, 11) is 1.67. The standard InChI is InChI=1S/C14H19N5O2/c1-20-9-8-17-12-10(4-2-7-16-12)13-18-14(21-19-13)11-5-3-6-15-11/h2,4,7,11,15H,3,5-6,8-9H2,1H3,(H,16,17)/t11-/m0/s1. The Kier molecular flexibility index (Phi) is 4.42. The number of hydrogen-bond donors (Lipinski definition) is 2. The molecule has 3 rings (SSSR count). The zero-order chi connectivity index (χ0) is 14.5. The molecule has 21 heavy (non-hydrogen) atoms. The predicted molar refractivity (Wildman–Crippen MR) is 77.9 cm³/mol. The van der Waals surface area contributed by atoms with E-state index in [4.69, 9.17) is 9.26 Å². The summed E-state index contributed by atoms with van der Waals surface area (Å²) in [5.41, 5.74) is 0.835. The fourth-order valence-corrected chi connectivity index (χ4v) is 2.38. The number of ether oxygens (including phenoxy) is 1. The summed E-state index contributed by atoms with van der Waals surface area (Å²) in [6, 6.07) is 3.97. The molecule has 2 aromatic rings. The number of nitrogens with zero attached hydrogens (tertiary/aromatic N) is 3. The van der Waals surface area contributed by atoms with E-state index in [-0.39, 0.29) is 6.04 Å². The van der Waals surface area contributed by atoms with Crippen molar-refractivity contribution < 1.29 is 9.26 Å². The average molecular weight is 289 g/mol. The van der Waals surface area contributed by atoms with Crippen molar-refractivity contribution in [1.82, 2.24) is 20.4 Å². The molecular weight excluding hydrogens is 270 g/mol. The van der Waals surface area contributed by atoms with Crippen molar-refractivity contribution in [2.24, 2.45) is 0 Å². The van der Waals surface area contributed by atoms with Crippen LogP contribution in [0.3, 0.4) is 0 Å². The highest BCUT2D eigenvalue weighted by Gasteiger charge is 2.23. The summed E-state index contributed by atoms with van der Waals surface area (Å²) in [5.74, 6) is 1.95. The van der Waals surface area contributed by atoms with E-state index in [2.05, 4.69) is 25.8 Å². The van der Waals surface area contributed by atoms with E-state index in [1.54, 1.807) is 13.3 Å². The second-order valence-electron chi connectivity index (χ2n) is 4.92. The van der Waals surface area contributed by atoms with E-state index < -0.39 is 0 Å². The van der Waals surface area contributed by atoms with E-state index in [9.17, 15) is 0 Å². The minimum atomic E-state index is 0.174. The SMILES string of the molecule is COCCNc1ncccc1-c1noc([C@@H]2CCCN2)n1. The molecule has 2 N–H and O–H groups in total. The van der Waals surface area contributed by atoms with E-state index >= 15 is 0 Å². The Labute approximate surface area is 123 Å². The zero-order valence-corrected chi connectivity index (χ0v) is 12.0. The number of rotatable bonds is 6. The van der Waals surface area contributed by atoms with Gasteiger partial charge in [0.15, 0.2) is 0 Å². The molecule has 7 nitrogen and oxygen atoms in total. The summed E-state index contributed by atoms with van der Waals surface area (Å²) in [4.78, 5) is 8.83. The Morgan fingerprint density at radius 2 is 2.48 bits per heavy atom. The highest BCUT2D eigenvalue weighted by atomic mass is 16.5. The Balaban J connectivity index is 1.79. The van der Waals surface area contributed by atoms with Gasteiger partial charge in [0.25, 0.3) is 0 Å². The van der Waals surface area contributed by atoms with Gasteiger partial charge in [-0.15, -0.1) is 0 Å². The third-order valence-corrected chi connectivity index (χ3v) is 3.45. The molecule has 0 unspecified atom stereocenters. The first-order valence-corrected chi connectivity index (χ1v) is 7.13. The number of aromatic nitrogens is 3. The van der Waals surface area contributed by atoms with E-state index in [0.717, 1.165) is 30.8 Å². The van der Waals surface area contributed by atoms with E-state index in [0.29, 0.717) is 24.9 Å². The number of hydrogen-bond acceptors (Lipinski definition) is 7. The monoisotopic (exact) mass is 289 g/mol. The maximum absolute atomic E-state index is 5.38. The molecular formula is C14H19N5O2. The van der Waals surface area contributed by atoms with E-state index in [1.165, 1.54) is 0 Å². The van der Waals surface area contributed by atoms with Crippen LogP contribution in [0.15, 0.2) is 22.9 Å². The minimum absolute atomic E-state index is 0.174. The molecule has 3 heterocycles. The molecule has 0 amide bonds. The molecule has 0 aliphatic carbocycles. The molecule has 1 fully saturated rings. The van der Waals surface area contributed by atoms with Gasteiger partial charge in [-0.25, -0.2) is 4.98 Å². The summed E-state index contributed by atoms with van der Waals surface area (Å²) in [6.45, 7) is 2.29. The van der Waals surface area contributed by atoms with Gasteiger partial charge in [-0.05, 0) is 31.5 Å². The minimum Gasteiger partial charge on any atom is -0.383 e. The van der Waals surface area contributed by atoms with Crippen LogP contribution in [0.25, 0.3) is 11.4 Å². The highest BCUT2D eigenvalue weighted by molar-refractivity contribution is 5.69. The smallest absolute Gasteiger partial charge is 0.244 e. The second-order valence-corrected chi connectivity index (χ2v) is 4.92. The van der Waals surface area contributed by atoms with Gasteiger partial charge in [0.05, 0.1) is 18.2 Å². The number of anilines is 1. The topological polar surface area (TPSA) is 85.1 Å².